The fourth-order valence-corrected chi connectivity index (χ4v) is 2.14. The third kappa shape index (κ3) is 2.54. The second kappa shape index (κ2) is 3.20. The molecule has 0 heterocycles. The molecule has 11 heavy (non-hydrogen) atoms. The fourth-order valence-electron chi connectivity index (χ4n) is 2.14. The molecular formula is C10H19B. The highest BCUT2D eigenvalue weighted by Crippen LogP contribution is 2.44. The molecule has 1 aliphatic rings. The zero-order valence-corrected chi connectivity index (χ0v) is 8.06. The lowest BCUT2D eigenvalue weighted by molar-refractivity contribution is 0.237. The lowest BCUT2D eigenvalue weighted by Gasteiger charge is -2.37. The predicted molar refractivity (Wildman–Crippen MR) is 50.9 cm³/mol. The van der Waals surface area contributed by atoms with Crippen molar-refractivity contribution in [2.45, 2.75) is 51.8 Å². The van der Waals surface area contributed by atoms with Crippen molar-refractivity contribution >= 4 is 7.85 Å². The van der Waals surface area contributed by atoms with Gasteiger partial charge >= 0.3 is 0 Å². The van der Waals surface area contributed by atoms with E-state index in [1.54, 1.807) is 0 Å². The predicted octanol–water partition coefficient (Wildman–Crippen LogP) is 3.18. The first kappa shape index (κ1) is 9.16. The summed E-state index contributed by atoms with van der Waals surface area (Å²) < 4.78 is 0. The summed E-state index contributed by atoms with van der Waals surface area (Å²) in [4.78, 5) is 0. The van der Waals surface area contributed by atoms with Gasteiger partial charge in [-0.15, -0.1) is 0 Å². The Bertz CT molecular complexity index is 127. The van der Waals surface area contributed by atoms with Gasteiger partial charge in [-0.1, -0.05) is 51.8 Å². The van der Waals surface area contributed by atoms with Gasteiger partial charge in [-0.2, -0.15) is 0 Å². The molecule has 0 N–H and O–H groups in total. The molecule has 2 radical (unpaired) electrons. The van der Waals surface area contributed by atoms with Crippen molar-refractivity contribution in [1.82, 2.24) is 0 Å². The van der Waals surface area contributed by atoms with Crippen molar-refractivity contribution in [3.05, 3.63) is 0 Å². The van der Waals surface area contributed by atoms with Crippen LogP contribution in [0.3, 0.4) is 0 Å². The Balaban J connectivity index is 2.46. The lowest BCUT2D eigenvalue weighted by atomic mass is 9.57. The Morgan fingerprint density at radius 3 is 2.45 bits per heavy atom. The molecule has 0 aromatic rings. The van der Waals surface area contributed by atoms with Crippen molar-refractivity contribution < 1.29 is 0 Å². The summed E-state index contributed by atoms with van der Waals surface area (Å²) in [5, 5.41) is 0.132. The molecule has 0 bridgehead atoms. The Morgan fingerprint density at radius 1 is 1.45 bits per heavy atom. The highest BCUT2D eigenvalue weighted by Gasteiger charge is 2.28. The molecule has 62 valence electrons. The first-order valence-electron chi connectivity index (χ1n) is 4.80. The topological polar surface area (TPSA) is 0 Å². The van der Waals surface area contributed by atoms with E-state index in [9.17, 15) is 0 Å². The second-order valence-electron chi connectivity index (χ2n) is 4.75. The van der Waals surface area contributed by atoms with Crippen LogP contribution in [0.5, 0.6) is 0 Å². The van der Waals surface area contributed by atoms with Gasteiger partial charge in [0.2, 0.25) is 0 Å². The van der Waals surface area contributed by atoms with E-state index in [1.165, 1.54) is 25.7 Å². The van der Waals surface area contributed by atoms with E-state index in [2.05, 4.69) is 20.8 Å². The number of hydrogen-bond donors (Lipinski definition) is 0. The fraction of sp³-hybridized carbons (Fsp3) is 1.00. The zero-order chi connectivity index (χ0) is 8.48. The summed E-state index contributed by atoms with van der Waals surface area (Å²) in [6.07, 6.45) is 5.17. The zero-order valence-electron chi connectivity index (χ0n) is 8.06. The van der Waals surface area contributed by atoms with Gasteiger partial charge in [0.05, 0.1) is 7.85 Å². The highest BCUT2D eigenvalue weighted by molar-refractivity contribution is 6.14. The van der Waals surface area contributed by atoms with Gasteiger partial charge < -0.3 is 0 Å². The van der Waals surface area contributed by atoms with Gasteiger partial charge in [-0.25, -0.2) is 0 Å². The molecule has 0 spiro atoms. The first-order chi connectivity index (χ1) is 5.01. The van der Waals surface area contributed by atoms with Crippen LogP contribution >= 0.6 is 0 Å². The van der Waals surface area contributed by atoms with Crippen LogP contribution in [0, 0.1) is 11.8 Å². The van der Waals surface area contributed by atoms with E-state index >= 15 is 0 Å². The number of rotatable bonds is 1. The molecule has 0 saturated heterocycles. The van der Waals surface area contributed by atoms with Gasteiger partial charge in [-0.05, 0) is 11.8 Å². The molecule has 0 aliphatic heterocycles. The Morgan fingerprint density at radius 2 is 2.09 bits per heavy atom. The van der Waals surface area contributed by atoms with E-state index in [0.717, 1.165) is 11.8 Å². The van der Waals surface area contributed by atoms with Crippen LogP contribution < -0.4 is 0 Å². The maximum absolute atomic E-state index is 6.11. The van der Waals surface area contributed by atoms with Gasteiger partial charge in [0.1, 0.15) is 0 Å². The van der Waals surface area contributed by atoms with Crippen LogP contribution in [0.1, 0.15) is 46.5 Å². The van der Waals surface area contributed by atoms with E-state index in [-0.39, 0.29) is 5.31 Å². The van der Waals surface area contributed by atoms with Gasteiger partial charge in [0.25, 0.3) is 0 Å². The van der Waals surface area contributed by atoms with Crippen LogP contribution in [0.4, 0.5) is 0 Å². The van der Waals surface area contributed by atoms with Crippen LogP contribution in [-0.2, 0) is 0 Å². The molecule has 0 aromatic heterocycles. The van der Waals surface area contributed by atoms with Crippen molar-refractivity contribution in [3.8, 4) is 0 Å². The molecule has 2 atom stereocenters. The molecule has 0 aromatic carbocycles. The van der Waals surface area contributed by atoms with Gasteiger partial charge in [0, 0.05) is 0 Å². The molecule has 0 nitrogen and oxygen atoms in total. The van der Waals surface area contributed by atoms with Crippen LogP contribution in [0.25, 0.3) is 0 Å². The van der Waals surface area contributed by atoms with Crippen LogP contribution in [-0.4, -0.2) is 7.85 Å². The molecular weight excluding hydrogens is 131 g/mol. The molecule has 1 saturated carbocycles. The summed E-state index contributed by atoms with van der Waals surface area (Å²) in [5.74, 6) is 1.69. The summed E-state index contributed by atoms with van der Waals surface area (Å²) in [5.41, 5.74) is 0. The average molecular weight is 150 g/mol. The summed E-state index contributed by atoms with van der Waals surface area (Å²) in [6, 6.07) is 0. The van der Waals surface area contributed by atoms with Crippen molar-refractivity contribution in [3.63, 3.8) is 0 Å². The molecule has 1 rings (SSSR count). The highest BCUT2D eigenvalue weighted by atomic mass is 14.3. The summed E-state index contributed by atoms with van der Waals surface area (Å²) in [7, 11) is 6.11. The van der Waals surface area contributed by atoms with Crippen molar-refractivity contribution in [2.24, 2.45) is 11.8 Å². The largest absolute Gasteiger partial charge is 0.0742 e. The molecule has 1 fully saturated rings. The summed E-state index contributed by atoms with van der Waals surface area (Å²) >= 11 is 0. The number of hydrogen-bond acceptors (Lipinski definition) is 0. The smallest absolute Gasteiger partial charge is 0.0686 e. The second-order valence-corrected chi connectivity index (χ2v) is 4.75. The van der Waals surface area contributed by atoms with E-state index in [4.69, 9.17) is 7.85 Å². The maximum atomic E-state index is 6.11. The molecule has 2 unspecified atom stereocenters. The minimum atomic E-state index is 0.132. The van der Waals surface area contributed by atoms with E-state index in [1.807, 2.05) is 0 Å². The molecule has 0 amide bonds. The quantitative estimate of drug-likeness (QED) is 0.503. The van der Waals surface area contributed by atoms with Gasteiger partial charge in [0.15, 0.2) is 0 Å². The van der Waals surface area contributed by atoms with Crippen LogP contribution in [0.2, 0.25) is 5.31 Å². The van der Waals surface area contributed by atoms with Crippen molar-refractivity contribution in [2.75, 3.05) is 0 Å². The Labute approximate surface area is 72.2 Å². The average Bonchev–Trinajstić information content (AvgIpc) is 1.85. The summed E-state index contributed by atoms with van der Waals surface area (Å²) in [6.45, 7) is 6.82. The molecule has 1 aliphatic carbocycles. The minimum absolute atomic E-state index is 0.132. The third-order valence-electron chi connectivity index (χ3n) is 2.99. The van der Waals surface area contributed by atoms with Gasteiger partial charge in [-0.3, -0.25) is 0 Å². The van der Waals surface area contributed by atoms with E-state index < -0.39 is 0 Å². The molecule has 1 heteroatoms. The maximum Gasteiger partial charge on any atom is 0.0742 e. The van der Waals surface area contributed by atoms with E-state index in [0.29, 0.717) is 0 Å². The standard InChI is InChI=1S/C10H19B/c1-8(2)9-5-4-6-10(3,11)7-9/h8-9H,4-7H2,1-3H3. The monoisotopic (exact) mass is 150 g/mol. The van der Waals surface area contributed by atoms with Crippen molar-refractivity contribution in [1.29, 1.82) is 0 Å². The third-order valence-corrected chi connectivity index (χ3v) is 2.99. The SMILES string of the molecule is [B]C1(C)CCCC(C(C)C)C1. The van der Waals surface area contributed by atoms with Crippen LogP contribution in [0.15, 0.2) is 0 Å². The normalized spacial score (nSPS) is 39.5. The Kier molecular flexibility index (Phi) is 2.67. The Hall–Kier alpha value is 0.0649. The minimum Gasteiger partial charge on any atom is -0.0686 e. The first-order valence-corrected chi connectivity index (χ1v) is 4.80. The lowest BCUT2D eigenvalue weighted by Crippen LogP contribution is -2.23.